The highest BCUT2D eigenvalue weighted by Crippen LogP contribution is 2.26. The van der Waals surface area contributed by atoms with Crippen LogP contribution in [0.2, 0.25) is 0 Å². The number of aromatic amines is 1. The van der Waals surface area contributed by atoms with Gasteiger partial charge in [-0.1, -0.05) is 6.92 Å². The number of ether oxygens (including phenoxy) is 1. The van der Waals surface area contributed by atoms with Crippen molar-refractivity contribution in [3.63, 3.8) is 0 Å². The Morgan fingerprint density at radius 2 is 2.29 bits per heavy atom. The monoisotopic (exact) mass is 317 g/mol. The minimum Gasteiger partial charge on any atom is -0.481 e. The second-order valence-electron chi connectivity index (χ2n) is 5.00. The lowest BCUT2D eigenvalue weighted by Crippen LogP contribution is -2.46. The van der Waals surface area contributed by atoms with Gasteiger partial charge in [-0.2, -0.15) is 4.31 Å². The molecule has 1 aromatic rings. The van der Waals surface area contributed by atoms with Gasteiger partial charge < -0.3 is 14.8 Å². The number of aromatic nitrogens is 2. The molecule has 0 aromatic carbocycles. The normalized spacial score (nSPS) is 22.8. The van der Waals surface area contributed by atoms with E-state index in [9.17, 15) is 18.3 Å². The Bertz CT molecular complexity index is 612. The minimum absolute atomic E-state index is 0.0236. The molecule has 0 radical (unpaired) electrons. The summed E-state index contributed by atoms with van der Waals surface area (Å²) in [4.78, 5) is 17.9. The van der Waals surface area contributed by atoms with Crippen LogP contribution >= 0.6 is 0 Å². The average molecular weight is 317 g/mol. The van der Waals surface area contributed by atoms with Gasteiger partial charge in [0.15, 0.2) is 5.03 Å². The zero-order valence-electron chi connectivity index (χ0n) is 11.9. The number of aliphatic carboxylic acids is 1. The van der Waals surface area contributed by atoms with Crippen molar-refractivity contribution in [2.75, 3.05) is 19.8 Å². The number of hydrogen-bond acceptors (Lipinski definition) is 5. The lowest BCUT2D eigenvalue weighted by molar-refractivity contribution is -0.142. The molecule has 0 saturated carbocycles. The number of imidazole rings is 1. The summed E-state index contributed by atoms with van der Waals surface area (Å²) in [5.41, 5.74) is 0. The van der Waals surface area contributed by atoms with Gasteiger partial charge in [-0.25, -0.2) is 13.4 Å². The highest BCUT2D eigenvalue weighted by atomic mass is 32.2. The van der Waals surface area contributed by atoms with Gasteiger partial charge in [0.25, 0.3) is 10.0 Å². The van der Waals surface area contributed by atoms with Gasteiger partial charge in [-0.05, 0) is 13.3 Å². The summed E-state index contributed by atoms with van der Waals surface area (Å²) in [6.45, 7) is 3.84. The Kier molecular flexibility index (Phi) is 4.64. The lowest BCUT2D eigenvalue weighted by atomic mass is 10.0. The van der Waals surface area contributed by atoms with Crippen LogP contribution in [0.3, 0.4) is 0 Å². The molecule has 1 aliphatic heterocycles. The van der Waals surface area contributed by atoms with Gasteiger partial charge in [0.2, 0.25) is 0 Å². The first-order valence-corrected chi connectivity index (χ1v) is 8.16. The second kappa shape index (κ2) is 6.12. The fourth-order valence-electron chi connectivity index (χ4n) is 2.40. The molecule has 1 saturated heterocycles. The van der Waals surface area contributed by atoms with Gasteiger partial charge in [-0.15, -0.1) is 0 Å². The quantitative estimate of drug-likeness (QED) is 0.776. The third-order valence-corrected chi connectivity index (χ3v) is 5.28. The average Bonchev–Trinajstić information content (AvgIpc) is 3.04. The summed E-state index contributed by atoms with van der Waals surface area (Å²) in [6, 6.07) is -0.698. The molecule has 0 bridgehead atoms. The molecule has 9 heteroatoms. The van der Waals surface area contributed by atoms with Crippen LogP contribution in [0.15, 0.2) is 11.2 Å². The van der Waals surface area contributed by atoms with Crippen LogP contribution in [0.5, 0.6) is 0 Å². The highest BCUT2D eigenvalue weighted by Gasteiger charge is 2.43. The number of hydrogen-bond donors (Lipinski definition) is 2. The molecule has 2 atom stereocenters. The summed E-state index contributed by atoms with van der Waals surface area (Å²) >= 11 is 0. The smallest absolute Gasteiger partial charge is 0.310 e. The van der Waals surface area contributed by atoms with E-state index in [4.69, 9.17) is 4.74 Å². The Hall–Kier alpha value is -1.45. The number of aryl methyl sites for hydroxylation is 1. The van der Waals surface area contributed by atoms with Crippen molar-refractivity contribution in [2.45, 2.75) is 31.3 Å². The number of H-pyrrole nitrogens is 1. The number of sulfonamides is 1. The second-order valence-corrected chi connectivity index (χ2v) is 6.86. The predicted octanol–water partition coefficient (Wildman–Crippen LogP) is 0.218. The molecule has 1 aromatic heterocycles. The third kappa shape index (κ3) is 3.09. The number of carboxylic acid groups (broad SMARTS) is 1. The maximum absolute atomic E-state index is 12.7. The number of rotatable bonds is 6. The van der Waals surface area contributed by atoms with Gasteiger partial charge in [-0.3, -0.25) is 4.79 Å². The SMILES string of the molecule is CCCN(C1COCC1C(=O)O)S(=O)(=O)c1cnc(C)[nH]1. The molecule has 0 amide bonds. The van der Waals surface area contributed by atoms with Crippen molar-refractivity contribution in [2.24, 2.45) is 5.92 Å². The van der Waals surface area contributed by atoms with Crippen molar-refractivity contribution < 1.29 is 23.1 Å². The van der Waals surface area contributed by atoms with Crippen molar-refractivity contribution >= 4 is 16.0 Å². The van der Waals surface area contributed by atoms with Crippen LogP contribution in [0.4, 0.5) is 0 Å². The first-order chi connectivity index (χ1) is 9.87. The minimum atomic E-state index is -3.82. The highest BCUT2D eigenvalue weighted by molar-refractivity contribution is 7.89. The standard InChI is InChI=1S/C12H19N3O5S/c1-3-4-15(10-7-20-6-9(10)12(16)17)21(18,19)11-5-13-8(2)14-11/h5,9-10H,3-4,6-7H2,1-2H3,(H,13,14)(H,16,17). The van der Waals surface area contributed by atoms with Crippen molar-refractivity contribution in [1.29, 1.82) is 0 Å². The van der Waals surface area contributed by atoms with E-state index in [0.29, 0.717) is 12.2 Å². The first kappa shape index (κ1) is 15.9. The predicted molar refractivity (Wildman–Crippen MR) is 73.2 cm³/mol. The molecule has 1 aliphatic rings. The number of carboxylic acids is 1. The molecule has 0 spiro atoms. The summed E-state index contributed by atoms with van der Waals surface area (Å²) in [6.07, 6.45) is 1.83. The maximum Gasteiger partial charge on any atom is 0.310 e. The fraction of sp³-hybridized carbons (Fsp3) is 0.667. The number of nitrogens with one attached hydrogen (secondary N) is 1. The zero-order valence-corrected chi connectivity index (χ0v) is 12.8. The van der Waals surface area contributed by atoms with Crippen LogP contribution in [-0.2, 0) is 19.6 Å². The van der Waals surface area contributed by atoms with Gasteiger partial charge in [0.05, 0.1) is 31.4 Å². The van der Waals surface area contributed by atoms with Crippen LogP contribution in [0, 0.1) is 12.8 Å². The molecule has 1 fully saturated rings. The van der Waals surface area contributed by atoms with E-state index in [2.05, 4.69) is 9.97 Å². The lowest BCUT2D eigenvalue weighted by Gasteiger charge is -2.28. The van der Waals surface area contributed by atoms with Crippen LogP contribution < -0.4 is 0 Å². The molecule has 2 rings (SSSR count). The van der Waals surface area contributed by atoms with Crippen LogP contribution in [0.1, 0.15) is 19.2 Å². The molecule has 2 unspecified atom stereocenters. The van der Waals surface area contributed by atoms with E-state index in [1.54, 1.807) is 6.92 Å². The van der Waals surface area contributed by atoms with Gasteiger partial charge >= 0.3 is 5.97 Å². The first-order valence-electron chi connectivity index (χ1n) is 6.72. The number of carbonyl (C=O) groups is 1. The Morgan fingerprint density at radius 3 is 2.81 bits per heavy atom. The fourth-order valence-corrected chi connectivity index (χ4v) is 4.11. The van der Waals surface area contributed by atoms with Gasteiger partial charge in [0.1, 0.15) is 5.82 Å². The van der Waals surface area contributed by atoms with E-state index in [-0.39, 0.29) is 24.8 Å². The van der Waals surface area contributed by atoms with Crippen molar-refractivity contribution in [3.8, 4) is 0 Å². The van der Waals surface area contributed by atoms with E-state index in [1.165, 1.54) is 10.5 Å². The molecular formula is C12H19N3O5S. The van der Waals surface area contributed by atoms with E-state index >= 15 is 0 Å². The summed E-state index contributed by atoms with van der Waals surface area (Å²) < 4.78 is 31.8. The van der Waals surface area contributed by atoms with Crippen molar-refractivity contribution in [3.05, 3.63) is 12.0 Å². The van der Waals surface area contributed by atoms with E-state index in [1.807, 2.05) is 6.92 Å². The Morgan fingerprint density at radius 1 is 1.57 bits per heavy atom. The Balaban J connectivity index is 2.36. The number of nitrogens with zero attached hydrogens (tertiary/aromatic N) is 2. The summed E-state index contributed by atoms with van der Waals surface area (Å²) in [5, 5.41) is 9.20. The van der Waals surface area contributed by atoms with Crippen LogP contribution in [-0.4, -0.2) is 59.6 Å². The van der Waals surface area contributed by atoms with Crippen molar-refractivity contribution in [1.82, 2.24) is 14.3 Å². The topological polar surface area (TPSA) is 113 Å². The summed E-state index contributed by atoms with van der Waals surface area (Å²) in [7, 11) is -3.82. The maximum atomic E-state index is 12.7. The van der Waals surface area contributed by atoms with Crippen LogP contribution in [0.25, 0.3) is 0 Å². The zero-order chi connectivity index (χ0) is 15.6. The van der Waals surface area contributed by atoms with E-state index in [0.717, 1.165) is 0 Å². The van der Waals surface area contributed by atoms with E-state index < -0.39 is 28.0 Å². The molecule has 0 aliphatic carbocycles. The molecule has 2 N–H and O–H groups in total. The largest absolute Gasteiger partial charge is 0.481 e. The summed E-state index contributed by atoms with van der Waals surface area (Å²) in [5.74, 6) is -1.41. The molecule has 2 heterocycles. The van der Waals surface area contributed by atoms with Gasteiger partial charge in [0, 0.05) is 6.54 Å². The molecule has 8 nitrogen and oxygen atoms in total. The molecular weight excluding hydrogens is 298 g/mol. The third-order valence-electron chi connectivity index (χ3n) is 3.45. The molecule has 118 valence electrons. The Labute approximate surface area is 123 Å². The molecule has 21 heavy (non-hydrogen) atoms.